The number of phenols is 1. The van der Waals surface area contributed by atoms with Crippen molar-refractivity contribution in [3.63, 3.8) is 0 Å². The number of carbonyl (C=O) groups is 1. The van der Waals surface area contributed by atoms with Gasteiger partial charge in [-0.2, -0.15) is 0 Å². The molecule has 0 aliphatic carbocycles. The van der Waals surface area contributed by atoms with Crippen LogP contribution in [0.4, 0.5) is 0 Å². The van der Waals surface area contributed by atoms with E-state index in [1.54, 1.807) is 18.2 Å². The van der Waals surface area contributed by atoms with E-state index in [-0.39, 0.29) is 12.2 Å². The Hall–Kier alpha value is -0.340. The standard InChI is InChI=1S/C15H12I3NO4/c16-9-5-8(1-2-13(9)20)23-15-10(17)3-7(4-11(15)18)12(19)6-14(21)22/h1-5,12,20H,6,19H2,(H,21,22)/t12-/m0/s1. The summed E-state index contributed by atoms with van der Waals surface area (Å²) in [6, 6.07) is 8.11. The van der Waals surface area contributed by atoms with Crippen LogP contribution >= 0.6 is 67.8 Å². The fraction of sp³-hybridized carbons (Fsp3) is 0.133. The zero-order chi connectivity index (χ0) is 17.1. The summed E-state index contributed by atoms with van der Waals surface area (Å²) in [5, 5.41) is 18.4. The number of aromatic hydroxyl groups is 1. The van der Waals surface area contributed by atoms with E-state index in [4.69, 9.17) is 15.6 Å². The van der Waals surface area contributed by atoms with Gasteiger partial charge in [-0.25, -0.2) is 0 Å². The molecule has 8 heteroatoms. The first kappa shape index (κ1) is 19.0. The van der Waals surface area contributed by atoms with Crippen LogP contribution in [0.1, 0.15) is 18.0 Å². The molecule has 0 aliphatic rings. The topological polar surface area (TPSA) is 92.8 Å². The predicted molar refractivity (Wildman–Crippen MR) is 112 cm³/mol. The predicted octanol–water partition coefficient (Wildman–Crippen LogP) is 4.47. The number of hydrogen-bond acceptors (Lipinski definition) is 4. The summed E-state index contributed by atoms with van der Waals surface area (Å²) in [5.41, 5.74) is 6.67. The Labute approximate surface area is 174 Å². The quantitative estimate of drug-likeness (QED) is 0.416. The Balaban J connectivity index is 2.29. The first-order chi connectivity index (χ1) is 10.8. The first-order valence-electron chi connectivity index (χ1n) is 6.40. The number of aliphatic carboxylic acids is 1. The summed E-state index contributed by atoms with van der Waals surface area (Å²) in [6.45, 7) is 0. The summed E-state index contributed by atoms with van der Waals surface area (Å²) < 4.78 is 8.29. The third-order valence-corrected chi connectivity index (χ3v) is 5.45. The second-order valence-electron chi connectivity index (χ2n) is 4.73. The highest BCUT2D eigenvalue weighted by molar-refractivity contribution is 14.1. The maximum absolute atomic E-state index is 10.8. The van der Waals surface area contributed by atoms with Gasteiger partial charge in [0, 0.05) is 6.04 Å². The van der Waals surface area contributed by atoms with Crippen molar-refractivity contribution in [3.8, 4) is 17.2 Å². The summed E-state index contributed by atoms with van der Waals surface area (Å²) in [4.78, 5) is 10.8. The normalized spacial score (nSPS) is 12.0. The SMILES string of the molecule is N[C@@H](CC(=O)O)c1cc(I)c(Oc2ccc(O)c(I)c2)c(I)c1. The van der Waals surface area contributed by atoms with E-state index in [1.165, 1.54) is 0 Å². The molecule has 2 aromatic rings. The van der Waals surface area contributed by atoms with E-state index in [0.29, 0.717) is 15.1 Å². The minimum absolute atomic E-state index is 0.122. The highest BCUT2D eigenvalue weighted by Crippen LogP contribution is 2.35. The summed E-state index contributed by atoms with van der Waals surface area (Å²) in [5.74, 6) is 0.573. The zero-order valence-corrected chi connectivity index (χ0v) is 18.1. The zero-order valence-electron chi connectivity index (χ0n) is 11.6. The van der Waals surface area contributed by atoms with E-state index < -0.39 is 12.0 Å². The van der Waals surface area contributed by atoms with Gasteiger partial charge in [0.15, 0.2) is 5.75 Å². The number of nitrogens with two attached hydrogens (primary N) is 1. The molecule has 0 heterocycles. The van der Waals surface area contributed by atoms with Gasteiger partial charge in [0.2, 0.25) is 0 Å². The molecule has 0 saturated heterocycles. The summed E-state index contributed by atoms with van der Waals surface area (Å²) in [6.07, 6.45) is -0.122. The molecule has 0 amide bonds. The Kier molecular flexibility index (Phi) is 6.74. The van der Waals surface area contributed by atoms with Crippen molar-refractivity contribution in [3.05, 3.63) is 46.6 Å². The van der Waals surface area contributed by atoms with Crippen LogP contribution in [0.15, 0.2) is 30.3 Å². The molecule has 0 aliphatic heterocycles. The van der Waals surface area contributed by atoms with Gasteiger partial charge in [0.25, 0.3) is 0 Å². The molecule has 2 aromatic carbocycles. The molecular formula is C15H12I3NO4. The fourth-order valence-corrected chi connectivity index (χ4v) is 4.39. The largest absolute Gasteiger partial charge is 0.507 e. The summed E-state index contributed by atoms with van der Waals surface area (Å²) in [7, 11) is 0. The molecule has 5 nitrogen and oxygen atoms in total. The van der Waals surface area contributed by atoms with Crippen LogP contribution in [-0.4, -0.2) is 16.2 Å². The van der Waals surface area contributed by atoms with Crippen LogP contribution in [0.25, 0.3) is 0 Å². The van der Waals surface area contributed by atoms with E-state index in [2.05, 4.69) is 45.2 Å². The van der Waals surface area contributed by atoms with E-state index >= 15 is 0 Å². The third kappa shape index (κ3) is 5.06. The second kappa shape index (κ2) is 8.16. The van der Waals surface area contributed by atoms with Gasteiger partial charge in [-0.15, -0.1) is 0 Å². The Morgan fingerprint density at radius 1 is 1.13 bits per heavy atom. The monoisotopic (exact) mass is 651 g/mol. The van der Waals surface area contributed by atoms with Crippen LogP contribution in [0.3, 0.4) is 0 Å². The van der Waals surface area contributed by atoms with Crippen LogP contribution in [0.2, 0.25) is 0 Å². The minimum atomic E-state index is -0.929. The highest BCUT2D eigenvalue weighted by Gasteiger charge is 2.16. The van der Waals surface area contributed by atoms with Gasteiger partial charge in [0.1, 0.15) is 11.5 Å². The maximum atomic E-state index is 10.8. The van der Waals surface area contributed by atoms with E-state index in [9.17, 15) is 9.90 Å². The lowest BCUT2D eigenvalue weighted by Gasteiger charge is -2.15. The number of benzene rings is 2. The van der Waals surface area contributed by atoms with Crippen molar-refractivity contribution < 1.29 is 19.7 Å². The van der Waals surface area contributed by atoms with Crippen LogP contribution < -0.4 is 10.5 Å². The van der Waals surface area contributed by atoms with Crippen molar-refractivity contribution in [1.29, 1.82) is 0 Å². The van der Waals surface area contributed by atoms with Crippen molar-refractivity contribution >= 4 is 73.7 Å². The van der Waals surface area contributed by atoms with Gasteiger partial charge >= 0.3 is 5.97 Å². The number of ether oxygens (including phenoxy) is 1. The molecule has 0 spiro atoms. The van der Waals surface area contributed by atoms with Crippen molar-refractivity contribution in [2.45, 2.75) is 12.5 Å². The lowest BCUT2D eigenvalue weighted by Crippen LogP contribution is -2.15. The number of rotatable bonds is 5. The molecule has 0 aromatic heterocycles. The van der Waals surface area contributed by atoms with E-state index in [1.807, 2.05) is 34.7 Å². The molecule has 0 radical (unpaired) electrons. The molecule has 0 unspecified atom stereocenters. The minimum Gasteiger partial charge on any atom is -0.507 e. The number of halogens is 3. The molecule has 0 fully saturated rings. The second-order valence-corrected chi connectivity index (χ2v) is 8.22. The molecule has 2 rings (SSSR count). The molecule has 4 N–H and O–H groups in total. The van der Waals surface area contributed by atoms with Crippen LogP contribution in [0, 0.1) is 10.7 Å². The van der Waals surface area contributed by atoms with Gasteiger partial charge in [0.05, 0.1) is 17.1 Å². The number of phenolic OH excluding ortho intramolecular Hbond substituents is 1. The molecule has 0 saturated carbocycles. The number of carboxylic acid groups (broad SMARTS) is 1. The van der Waals surface area contributed by atoms with Crippen molar-refractivity contribution in [1.82, 2.24) is 0 Å². The van der Waals surface area contributed by atoms with Gasteiger partial charge < -0.3 is 20.7 Å². The molecule has 23 heavy (non-hydrogen) atoms. The molecule has 0 bridgehead atoms. The highest BCUT2D eigenvalue weighted by atomic mass is 127. The van der Waals surface area contributed by atoms with Crippen molar-refractivity contribution in [2.24, 2.45) is 5.73 Å². The van der Waals surface area contributed by atoms with E-state index in [0.717, 1.165) is 12.7 Å². The third-order valence-electron chi connectivity index (χ3n) is 2.98. The van der Waals surface area contributed by atoms with Crippen LogP contribution in [-0.2, 0) is 4.79 Å². The molecule has 122 valence electrons. The van der Waals surface area contributed by atoms with Gasteiger partial charge in [-0.3, -0.25) is 4.79 Å². The lowest BCUT2D eigenvalue weighted by atomic mass is 10.0. The molecule has 1 atom stereocenters. The summed E-state index contributed by atoms with van der Waals surface area (Å²) >= 11 is 6.30. The maximum Gasteiger partial charge on any atom is 0.305 e. The van der Waals surface area contributed by atoms with Gasteiger partial charge in [-0.1, -0.05) is 0 Å². The fourth-order valence-electron chi connectivity index (χ4n) is 1.87. The van der Waals surface area contributed by atoms with Gasteiger partial charge in [-0.05, 0) is 104 Å². The molecular weight excluding hydrogens is 639 g/mol. The Morgan fingerprint density at radius 3 is 2.26 bits per heavy atom. The smallest absolute Gasteiger partial charge is 0.305 e. The first-order valence-corrected chi connectivity index (χ1v) is 9.64. The Morgan fingerprint density at radius 2 is 1.74 bits per heavy atom. The Bertz CT molecular complexity index is 728. The van der Waals surface area contributed by atoms with Crippen LogP contribution in [0.5, 0.6) is 17.2 Å². The average molecular weight is 651 g/mol. The number of carboxylic acids is 1. The average Bonchev–Trinajstić information content (AvgIpc) is 2.45. The lowest BCUT2D eigenvalue weighted by molar-refractivity contribution is -0.137. The number of hydrogen-bond donors (Lipinski definition) is 3. The van der Waals surface area contributed by atoms with Crippen molar-refractivity contribution in [2.75, 3.05) is 0 Å².